The van der Waals surface area contributed by atoms with Gasteiger partial charge in [0.25, 0.3) is 0 Å². The third-order valence-corrected chi connectivity index (χ3v) is 10.5. The number of rotatable bonds is 6. The summed E-state index contributed by atoms with van der Waals surface area (Å²) in [5.41, 5.74) is 2.88. The zero-order valence-corrected chi connectivity index (χ0v) is 19.3. The van der Waals surface area contributed by atoms with Gasteiger partial charge in [-0.05, 0) is 47.5 Å². The lowest BCUT2D eigenvalue weighted by Gasteiger charge is -2.39. The minimum atomic E-state index is -2.05. The second-order valence-corrected chi connectivity index (χ2v) is 13.9. The van der Waals surface area contributed by atoms with E-state index in [4.69, 9.17) is 18.6 Å². The predicted octanol–water partition coefficient (Wildman–Crippen LogP) is 4.79. The van der Waals surface area contributed by atoms with E-state index in [-0.39, 0.29) is 16.9 Å². The van der Waals surface area contributed by atoms with Crippen molar-refractivity contribution >= 4 is 14.1 Å². The maximum atomic E-state index is 12.1. The number of carbonyl (C=O) groups excluding carboxylic acids is 1. The van der Waals surface area contributed by atoms with Crippen LogP contribution in [0.1, 0.15) is 32.8 Å². The Morgan fingerprint density at radius 1 is 1.17 bits per heavy atom. The molecule has 1 aromatic carbocycles. The highest BCUT2D eigenvalue weighted by Crippen LogP contribution is 2.40. The predicted molar refractivity (Wildman–Crippen MR) is 115 cm³/mol. The summed E-state index contributed by atoms with van der Waals surface area (Å²) in [7, 11) is -0.403. The maximum absolute atomic E-state index is 12.1. The number of fused-ring (bicyclic) bond motifs is 1. The molecule has 5 nitrogen and oxygen atoms in total. The van der Waals surface area contributed by atoms with Gasteiger partial charge in [0, 0.05) is 12.0 Å². The summed E-state index contributed by atoms with van der Waals surface area (Å²) in [4.78, 5) is 12.1. The average Bonchev–Trinajstić information content (AvgIpc) is 2.94. The van der Waals surface area contributed by atoms with Gasteiger partial charge in [-0.1, -0.05) is 32.9 Å². The van der Waals surface area contributed by atoms with Crippen molar-refractivity contribution < 1.29 is 23.4 Å². The fraction of sp³-hybridized carbons (Fsp3) is 0.522. The molecule has 0 saturated heterocycles. The zero-order chi connectivity index (χ0) is 21.2. The van der Waals surface area contributed by atoms with Gasteiger partial charge in [-0.2, -0.15) is 0 Å². The lowest BCUT2D eigenvalue weighted by molar-refractivity contribution is -0.113. The van der Waals surface area contributed by atoms with E-state index < -0.39 is 8.32 Å². The van der Waals surface area contributed by atoms with E-state index in [0.29, 0.717) is 26.2 Å². The first-order valence-corrected chi connectivity index (χ1v) is 13.0. The van der Waals surface area contributed by atoms with Crippen molar-refractivity contribution in [1.29, 1.82) is 0 Å². The number of hydrogen-bond acceptors (Lipinski definition) is 5. The largest absolute Gasteiger partial charge is 0.497 e. The van der Waals surface area contributed by atoms with Crippen molar-refractivity contribution in [2.24, 2.45) is 0 Å². The number of ketones is 1. The highest BCUT2D eigenvalue weighted by Gasteiger charge is 2.42. The molecule has 0 fully saturated rings. The Morgan fingerprint density at radius 2 is 1.86 bits per heavy atom. The summed E-state index contributed by atoms with van der Waals surface area (Å²) >= 11 is 0. The third kappa shape index (κ3) is 5.00. The van der Waals surface area contributed by atoms with Crippen molar-refractivity contribution in [2.45, 2.75) is 58.0 Å². The van der Waals surface area contributed by atoms with E-state index in [1.54, 1.807) is 13.2 Å². The SMILES string of the molecule is COc1ccc(COC2=C3CC(=O)C=C3COCC2O[Si](C)(C)C(C)(C)C)cc1. The molecule has 1 aromatic rings. The minimum Gasteiger partial charge on any atom is -0.497 e. The molecule has 158 valence electrons. The third-order valence-electron chi connectivity index (χ3n) is 5.99. The molecule has 1 aliphatic carbocycles. The van der Waals surface area contributed by atoms with E-state index in [9.17, 15) is 4.79 Å². The van der Waals surface area contributed by atoms with Gasteiger partial charge in [-0.15, -0.1) is 0 Å². The van der Waals surface area contributed by atoms with Crippen LogP contribution in [-0.4, -0.2) is 40.5 Å². The molecule has 0 aromatic heterocycles. The highest BCUT2D eigenvalue weighted by molar-refractivity contribution is 6.74. The molecule has 1 aliphatic heterocycles. The second-order valence-electron chi connectivity index (χ2n) is 9.17. The number of allylic oxidation sites excluding steroid dienone is 1. The number of hydrogen-bond donors (Lipinski definition) is 0. The van der Waals surface area contributed by atoms with Crippen LogP contribution in [0.25, 0.3) is 0 Å². The molecule has 1 atom stereocenters. The second kappa shape index (κ2) is 8.46. The van der Waals surface area contributed by atoms with Crippen molar-refractivity contribution in [1.82, 2.24) is 0 Å². The molecule has 1 unspecified atom stereocenters. The molecular weight excluding hydrogens is 384 g/mol. The molecule has 0 bridgehead atoms. The van der Waals surface area contributed by atoms with Crippen molar-refractivity contribution in [3.05, 3.63) is 52.8 Å². The summed E-state index contributed by atoms with van der Waals surface area (Å²) in [6.07, 6.45) is 1.73. The molecule has 0 radical (unpaired) electrons. The van der Waals surface area contributed by atoms with Crippen molar-refractivity contribution in [3.8, 4) is 5.75 Å². The number of ether oxygens (including phenoxy) is 3. The Hall–Kier alpha value is -1.89. The lowest BCUT2D eigenvalue weighted by Crippen LogP contribution is -2.45. The van der Waals surface area contributed by atoms with Gasteiger partial charge in [0.2, 0.25) is 0 Å². The van der Waals surface area contributed by atoms with Crippen molar-refractivity contribution in [3.63, 3.8) is 0 Å². The van der Waals surface area contributed by atoms with E-state index in [1.165, 1.54) is 0 Å². The van der Waals surface area contributed by atoms with Gasteiger partial charge >= 0.3 is 0 Å². The van der Waals surface area contributed by atoms with Gasteiger partial charge in [0.05, 0.1) is 20.3 Å². The quantitative estimate of drug-likeness (QED) is 0.624. The maximum Gasteiger partial charge on any atom is 0.193 e. The highest BCUT2D eigenvalue weighted by atomic mass is 28.4. The van der Waals surface area contributed by atoms with Crippen LogP contribution >= 0.6 is 0 Å². The van der Waals surface area contributed by atoms with Crippen LogP contribution < -0.4 is 4.74 Å². The topological polar surface area (TPSA) is 54.0 Å². The summed E-state index contributed by atoms with van der Waals surface area (Å²) in [6.45, 7) is 12.3. The monoisotopic (exact) mass is 416 g/mol. The molecule has 0 amide bonds. The van der Waals surface area contributed by atoms with Crippen LogP contribution in [0.5, 0.6) is 5.75 Å². The van der Waals surface area contributed by atoms with E-state index >= 15 is 0 Å². The minimum absolute atomic E-state index is 0.0647. The molecule has 2 aliphatic rings. The fourth-order valence-corrected chi connectivity index (χ4v) is 4.46. The standard InChI is InChI=1S/C23H32O5Si/c1-23(2,3)29(5,6)28-21-15-26-14-17-11-18(24)12-20(17)22(21)27-13-16-7-9-19(25-4)10-8-16/h7-11,21H,12-15H2,1-6H3. The Morgan fingerprint density at radius 3 is 2.48 bits per heavy atom. The van der Waals surface area contributed by atoms with Gasteiger partial charge in [0.15, 0.2) is 14.1 Å². The first-order chi connectivity index (χ1) is 13.6. The summed E-state index contributed by atoms with van der Waals surface area (Å²) in [5.74, 6) is 1.65. The summed E-state index contributed by atoms with van der Waals surface area (Å²) in [5, 5.41) is 0.0647. The Balaban J connectivity index is 1.88. The molecule has 29 heavy (non-hydrogen) atoms. The fourth-order valence-electron chi connectivity index (χ4n) is 3.22. The molecule has 0 saturated carbocycles. The molecule has 0 spiro atoms. The van der Waals surface area contributed by atoms with E-state index in [0.717, 1.165) is 28.2 Å². The van der Waals surface area contributed by atoms with Crippen LogP contribution in [0.15, 0.2) is 47.2 Å². The molecular formula is C23H32O5Si. The first-order valence-electron chi connectivity index (χ1n) is 10.1. The summed E-state index contributed by atoms with van der Waals surface area (Å²) < 4.78 is 24.1. The molecule has 3 rings (SSSR count). The van der Waals surface area contributed by atoms with Gasteiger partial charge in [0.1, 0.15) is 24.2 Å². The number of carbonyl (C=O) groups is 1. The molecule has 1 heterocycles. The van der Waals surface area contributed by atoms with Crippen LogP contribution in [0.4, 0.5) is 0 Å². The van der Waals surface area contributed by atoms with E-state index in [1.807, 2.05) is 24.3 Å². The Bertz CT molecular complexity index is 815. The molecule has 0 N–H and O–H groups in total. The van der Waals surface area contributed by atoms with Crippen LogP contribution in [-0.2, 0) is 25.3 Å². The Kier molecular flexibility index (Phi) is 6.36. The average molecular weight is 417 g/mol. The van der Waals surface area contributed by atoms with Gasteiger partial charge in [-0.25, -0.2) is 0 Å². The van der Waals surface area contributed by atoms with Crippen molar-refractivity contribution in [2.75, 3.05) is 20.3 Å². The van der Waals surface area contributed by atoms with E-state index in [2.05, 4.69) is 33.9 Å². The number of methoxy groups -OCH3 is 1. The van der Waals surface area contributed by atoms with Crippen LogP contribution in [0.2, 0.25) is 18.1 Å². The normalized spacial score (nSPS) is 20.3. The first kappa shape index (κ1) is 21.8. The molecule has 6 heteroatoms. The van der Waals surface area contributed by atoms with Crippen LogP contribution in [0.3, 0.4) is 0 Å². The number of benzene rings is 1. The van der Waals surface area contributed by atoms with Gasteiger partial charge < -0.3 is 18.6 Å². The lowest BCUT2D eigenvalue weighted by atomic mass is 10.1. The zero-order valence-electron chi connectivity index (χ0n) is 18.3. The van der Waals surface area contributed by atoms with Crippen LogP contribution in [0, 0.1) is 0 Å². The van der Waals surface area contributed by atoms with Gasteiger partial charge in [-0.3, -0.25) is 4.79 Å². The smallest absolute Gasteiger partial charge is 0.193 e. The Labute approximate surface area is 174 Å². The summed E-state index contributed by atoms with van der Waals surface area (Å²) in [6, 6.07) is 7.80.